The highest BCUT2D eigenvalue weighted by molar-refractivity contribution is 7.80. The lowest BCUT2D eigenvalue weighted by atomic mass is 10.2. The molecule has 2 aromatic rings. The van der Waals surface area contributed by atoms with Gasteiger partial charge in [-0.1, -0.05) is 26.0 Å². The predicted octanol–water partition coefficient (Wildman–Crippen LogP) is 1.92. The van der Waals surface area contributed by atoms with Crippen molar-refractivity contribution in [2.75, 3.05) is 0 Å². The van der Waals surface area contributed by atoms with Gasteiger partial charge in [0.25, 0.3) is 5.69 Å². The summed E-state index contributed by atoms with van der Waals surface area (Å²) in [7, 11) is 0. The summed E-state index contributed by atoms with van der Waals surface area (Å²) in [6.45, 7) is 5.49. The number of nitrogens with zero attached hydrogens (tertiary/aromatic N) is 5. The van der Waals surface area contributed by atoms with Gasteiger partial charge in [0.2, 0.25) is 0 Å². The topological polar surface area (TPSA) is 101 Å². The van der Waals surface area contributed by atoms with Gasteiger partial charge in [0.15, 0.2) is 5.84 Å². The third-order valence-corrected chi connectivity index (χ3v) is 4.15. The first-order valence-electron chi connectivity index (χ1n) is 7.80. The third kappa shape index (κ3) is 3.74. The van der Waals surface area contributed by atoms with Crippen molar-refractivity contribution >= 4 is 24.2 Å². The van der Waals surface area contributed by atoms with E-state index in [9.17, 15) is 10.1 Å². The summed E-state index contributed by atoms with van der Waals surface area (Å²) in [4.78, 5) is 10.3. The van der Waals surface area contributed by atoms with Gasteiger partial charge in [-0.05, 0) is 11.5 Å². The van der Waals surface area contributed by atoms with Crippen LogP contribution in [-0.2, 0) is 13.1 Å². The normalized spacial score (nSPS) is 13.9. The molecule has 0 atom stereocenters. The molecule has 3 rings (SSSR count). The molecule has 1 aromatic heterocycles. The Morgan fingerprint density at radius 3 is 2.68 bits per heavy atom. The molecule has 0 unspecified atom stereocenters. The molecule has 0 aliphatic carbocycles. The minimum atomic E-state index is -0.414. The zero-order chi connectivity index (χ0) is 18.0. The van der Waals surface area contributed by atoms with Crippen molar-refractivity contribution in [3.8, 4) is 0 Å². The highest BCUT2D eigenvalue weighted by Crippen LogP contribution is 2.20. The van der Waals surface area contributed by atoms with Gasteiger partial charge in [0, 0.05) is 18.7 Å². The fourth-order valence-electron chi connectivity index (χ4n) is 2.49. The number of rotatable bonds is 6. The van der Waals surface area contributed by atoms with Crippen LogP contribution >= 0.6 is 12.6 Å². The molecule has 9 nitrogen and oxygen atoms in total. The Balaban J connectivity index is 1.77. The van der Waals surface area contributed by atoms with E-state index in [1.807, 2.05) is 4.68 Å². The summed E-state index contributed by atoms with van der Waals surface area (Å²) >= 11 is 4.58. The smallest absolute Gasteiger partial charge is 0.266 e. The van der Waals surface area contributed by atoms with Gasteiger partial charge in [0.1, 0.15) is 5.03 Å². The molecule has 1 aromatic carbocycles. The Hall–Kier alpha value is -2.59. The predicted molar refractivity (Wildman–Crippen MR) is 95.8 cm³/mol. The maximum Gasteiger partial charge on any atom is 0.269 e. The molecule has 0 saturated carbocycles. The number of benzene rings is 1. The molecular weight excluding hydrogens is 342 g/mol. The standard InChI is InChI=1S/C15H19N7O2S/c1-10(2)8-21-15(25)13(7-16-21)14-17-18-19-20(14)9-11-3-5-12(6-4-11)22(23)24/h3-7,10,18-19,25H,8-9H2,1-2H3. The van der Waals surface area contributed by atoms with Crippen LogP contribution in [0.4, 0.5) is 5.69 Å². The van der Waals surface area contributed by atoms with Crippen LogP contribution in [0.2, 0.25) is 0 Å². The number of thiol groups is 1. The van der Waals surface area contributed by atoms with Crippen molar-refractivity contribution in [3.05, 3.63) is 51.7 Å². The van der Waals surface area contributed by atoms with Crippen molar-refractivity contribution < 1.29 is 4.92 Å². The molecule has 25 heavy (non-hydrogen) atoms. The monoisotopic (exact) mass is 361 g/mol. The number of amidine groups is 1. The first-order valence-corrected chi connectivity index (χ1v) is 8.24. The largest absolute Gasteiger partial charge is 0.269 e. The number of hydrazone groups is 1. The van der Waals surface area contributed by atoms with E-state index in [1.54, 1.807) is 23.3 Å². The second kappa shape index (κ2) is 7.11. The summed E-state index contributed by atoms with van der Waals surface area (Å²) in [5.41, 5.74) is 7.46. The molecule has 1 aliphatic rings. The second-order valence-corrected chi connectivity index (χ2v) is 6.55. The van der Waals surface area contributed by atoms with E-state index in [-0.39, 0.29) is 5.69 Å². The van der Waals surface area contributed by atoms with Crippen LogP contribution < -0.4 is 11.1 Å². The Kier molecular flexibility index (Phi) is 4.91. The van der Waals surface area contributed by atoms with Crippen molar-refractivity contribution in [2.45, 2.75) is 32.0 Å². The van der Waals surface area contributed by atoms with Gasteiger partial charge in [-0.25, -0.2) is 5.53 Å². The highest BCUT2D eigenvalue weighted by atomic mass is 32.1. The lowest BCUT2D eigenvalue weighted by Gasteiger charge is -2.18. The fraction of sp³-hybridized carbons (Fsp3) is 0.333. The van der Waals surface area contributed by atoms with Crippen LogP contribution in [0.15, 0.2) is 40.6 Å². The van der Waals surface area contributed by atoms with E-state index in [4.69, 9.17) is 0 Å². The van der Waals surface area contributed by atoms with Crippen LogP contribution in [0, 0.1) is 16.0 Å². The lowest BCUT2D eigenvalue weighted by Crippen LogP contribution is -2.40. The molecule has 2 heterocycles. The van der Waals surface area contributed by atoms with Gasteiger partial charge >= 0.3 is 0 Å². The van der Waals surface area contributed by atoms with Gasteiger partial charge in [-0.15, -0.1) is 23.3 Å². The molecule has 0 radical (unpaired) electrons. The number of non-ortho nitro benzene ring substituents is 1. The van der Waals surface area contributed by atoms with Crippen molar-refractivity contribution in [2.24, 2.45) is 11.0 Å². The van der Waals surface area contributed by atoms with E-state index in [2.05, 4.69) is 47.7 Å². The van der Waals surface area contributed by atoms with E-state index >= 15 is 0 Å². The molecule has 0 saturated heterocycles. The number of hydrogen-bond acceptors (Lipinski definition) is 8. The number of hydrazine groups is 2. The number of hydrogen-bond donors (Lipinski definition) is 3. The van der Waals surface area contributed by atoms with Crippen LogP contribution in [0.1, 0.15) is 25.0 Å². The molecule has 132 valence electrons. The SMILES string of the molecule is CC(C)Cn1ncc(C2=NNNN2Cc2ccc([N+](=O)[O-])cc2)c1S. The zero-order valence-electron chi connectivity index (χ0n) is 13.9. The first-order chi connectivity index (χ1) is 12.0. The lowest BCUT2D eigenvalue weighted by molar-refractivity contribution is -0.384. The Morgan fingerprint density at radius 2 is 2.04 bits per heavy atom. The fourth-order valence-corrected chi connectivity index (χ4v) is 2.78. The average Bonchev–Trinajstić information content (AvgIpc) is 3.15. The maximum absolute atomic E-state index is 10.7. The summed E-state index contributed by atoms with van der Waals surface area (Å²) in [6.07, 6.45) is 1.74. The van der Waals surface area contributed by atoms with Gasteiger partial charge in [-0.3, -0.25) is 19.8 Å². The minimum Gasteiger partial charge on any atom is -0.266 e. The molecule has 0 fully saturated rings. The molecular formula is C15H19N7O2S. The van der Waals surface area contributed by atoms with Crippen LogP contribution in [0.25, 0.3) is 0 Å². The summed E-state index contributed by atoms with van der Waals surface area (Å²) in [6, 6.07) is 6.42. The molecule has 2 N–H and O–H groups in total. The Morgan fingerprint density at radius 1 is 1.32 bits per heavy atom. The van der Waals surface area contributed by atoms with E-state index in [0.29, 0.717) is 18.3 Å². The third-order valence-electron chi connectivity index (χ3n) is 3.68. The summed E-state index contributed by atoms with van der Waals surface area (Å²) < 4.78 is 1.84. The zero-order valence-corrected chi connectivity index (χ0v) is 14.8. The summed E-state index contributed by atoms with van der Waals surface area (Å²) in [5.74, 6) is 1.12. The second-order valence-electron chi connectivity index (χ2n) is 6.13. The quantitative estimate of drug-likeness (QED) is 0.413. The number of nitrogens with one attached hydrogen (secondary N) is 2. The molecule has 0 spiro atoms. The van der Waals surface area contributed by atoms with Gasteiger partial charge in [-0.2, -0.15) is 5.10 Å². The van der Waals surface area contributed by atoms with Crippen molar-refractivity contribution in [1.82, 2.24) is 25.9 Å². The molecule has 0 bridgehead atoms. The minimum absolute atomic E-state index is 0.0674. The van der Waals surface area contributed by atoms with Crippen LogP contribution in [0.3, 0.4) is 0 Å². The Bertz CT molecular complexity index is 801. The van der Waals surface area contributed by atoms with Crippen LogP contribution in [-0.4, -0.2) is 25.5 Å². The van der Waals surface area contributed by atoms with Crippen molar-refractivity contribution in [1.29, 1.82) is 0 Å². The van der Waals surface area contributed by atoms with E-state index in [1.165, 1.54) is 12.1 Å². The summed E-state index contributed by atoms with van der Waals surface area (Å²) in [5, 5.41) is 21.9. The average molecular weight is 361 g/mol. The highest BCUT2D eigenvalue weighted by Gasteiger charge is 2.24. The molecule has 1 aliphatic heterocycles. The van der Waals surface area contributed by atoms with E-state index in [0.717, 1.165) is 22.7 Å². The van der Waals surface area contributed by atoms with Gasteiger partial charge < -0.3 is 0 Å². The molecule has 10 heteroatoms. The first kappa shape index (κ1) is 17.2. The van der Waals surface area contributed by atoms with E-state index < -0.39 is 4.92 Å². The van der Waals surface area contributed by atoms with Crippen molar-refractivity contribution in [3.63, 3.8) is 0 Å². The number of nitro benzene ring substituents is 1. The van der Waals surface area contributed by atoms with Crippen LogP contribution in [0.5, 0.6) is 0 Å². The number of aromatic nitrogens is 2. The Labute approximate surface area is 150 Å². The number of nitro groups is 1. The van der Waals surface area contributed by atoms with Gasteiger partial charge in [0.05, 0.1) is 23.2 Å². The maximum atomic E-state index is 10.7. The molecule has 0 amide bonds.